The number of alkyl carbamates (subject to hydrolysis) is 1. The van der Waals surface area contributed by atoms with E-state index in [9.17, 15) is 27.6 Å². The van der Waals surface area contributed by atoms with Gasteiger partial charge in [0.05, 0.1) is 12.0 Å². The summed E-state index contributed by atoms with van der Waals surface area (Å²) in [6.07, 6.45) is 9.94. The van der Waals surface area contributed by atoms with Gasteiger partial charge in [-0.2, -0.15) is 12.7 Å². The van der Waals surface area contributed by atoms with Crippen molar-refractivity contribution >= 4 is 34.0 Å². The van der Waals surface area contributed by atoms with Crippen molar-refractivity contribution in [3.05, 3.63) is 12.2 Å². The van der Waals surface area contributed by atoms with Crippen LogP contribution in [0.3, 0.4) is 0 Å². The van der Waals surface area contributed by atoms with Gasteiger partial charge in [-0.25, -0.2) is 9.52 Å². The van der Waals surface area contributed by atoms with Gasteiger partial charge in [0.25, 0.3) is 0 Å². The number of nitrogens with zero attached hydrogens (tertiary/aromatic N) is 2. The number of amides is 4. The molecule has 2 heterocycles. The minimum absolute atomic E-state index is 0.0373. The summed E-state index contributed by atoms with van der Waals surface area (Å²) in [5.41, 5.74) is 4.01. The Bertz CT molecular complexity index is 1190. The van der Waals surface area contributed by atoms with Crippen LogP contribution in [-0.2, 0) is 34.1 Å². The molecule has 250 valence electrons. The Hall–Kier alpha value is -2.71. The summed E-state index contributed by atoms with van der Waals surface area (Å²) in [6, 6.07) is -1.76. The first kappa shape index (κ1) is 35.8. The van der Waals surface area contributed by atoms with Crippen molar-refractivity contribution in [3.8, 4) is 0 Å². The van der Waals surface area contributed by atoms with Gasteiger partial charge in [-0.05, 0) is 78.1 Å². The standard InChI is InChI=1S/C30H51N5O8S/c1-29(2,3)43-28(39)32-23(26(37)34-17-12-16-24(34)25(31)36)15-10-8-6-7-9-13-21-19-30(21,4)27(38)33-44(40,41)35-18-11-14-22(35)20-42-5/h9,13,21-24H,6-8,10-12,14-20H2,1-5H3,(H2,31,36)(H,32,39)(H,33,38)/b13-9-/t21-,22-,23+,24+,30+/m1/s1. The van der Waals surface area contributed by atoms with Gasteiger partial charge in [0.1, 0.15) is 17.7 Å². The maximum Gasteiger partial charge on any atom is 0.408 e. The molecule has 4 amide bonds. The van der Waals surface area contributed by atoms with E-state index in [4.69, 9.17) is 15.2 Å². The summed E-state index contributed by atoms with van der Waals surface area (Å²) in [4.78, 5) is 52.0. The van der Waals surface area contributed by atoms with Crippen LogP contribution in [0.15, 0.2) is 12.2 Å². The Morgan fingerprint density at radius 1 is 1.09 bits per heavy atom. The minimum atomic E-state index is -3.93. The van der Waals surface area contributed by atoms with Crippen molar-refractivity contribution in [3.63, 3.8) is 0 Å². The first-order chi connectivity index (χ1) is 20.6. The molecule has 2 aliphatic heterocycles. The highest BCUT2D eigenvalue weighted by molar-refractivity contribution is 7.87. The van der Waals surface area contributed by atoms with Gasteiger partial charge < -0.3 is 25.4 Å². The van der Waals surface area contributed by atoms with E-state index >= 15 is 0 Å². The number of hydrogen-bond donors (Lipinski definition) is 3. The van der Waals surface area contributed by atoms with E-state index < -0.39 is 51.2 Å². The molecule has 0 aromatic heterocycles. The lowest BCUT2D eigenvalue weighted by Crippen LogP contribution is -2.53. The van der Waals surface area contributed by atoms with Crippen molar-refractivity contribution in [2.75, 3.05) is 26.8 Å². The lowest BCUT2D eigenvalue weighted by atomic mass is 10.0. The number of likely N-dealkylation sites (tertiary alicyclic amines) is 1. The molecular weight excluding hydrogens is 590 g/mol. The first-order valence-corrected chi connectivity index (χ1v) is 17.1. The lowest BCUT2D eigenvalue weighted by molar-refractivity contribution is -0.139. The number of allylic oxidation sites excluding steroid dienone is 2. The maximum absolute atomic E-state index is 13.3. The summed E-state index contributed by atoms with van der Waals surface area (Å²) in [5, 5.41) is 2.69. The Balaban J connectivity index is 1.44. The van der Waals surface area contributed by atoms with Crippen molar-refractivity contribution < 1.29 is 37.1 Å². The van der Waals surface area contributed by atoms with Gasteiger partial charge in [0, 0.05) is 26.2 Å². The third-order valence-corrected chi connectivity index (χ3v) is 10.2. The molecule has 0 radical (unpaired) electrons. The highest BCUT2D eigenvalue weighted by Gasteiger charge is 2.55. The molecule has 0 spiro atoms. The van der Waals surface area contributed by atoms with Gasteiger partial charge in [-0.1, -0.05) is 31.9 Å². The molecule has 3 aliphatic rings. The number of hydrogen-bond acceptors (Lipinski definition) is 8. The molecule has 4 N–H and O–H groups in total. The second-order valence-corrected chi connectivity index (χ2v) is 15.0. The van der Waals surface area contributed by atoms with E-state index in [2.05, 4.69) is 10.0 Å². The van der Waals surface area contributed by atoms with Gasteiger partial charge in [0.2, 0.25) is 17.7 Å². The monoisotopic (exact) mass is 641 g/mol. The zero-order chi connectivity index (χ0) is 32.7. The molecule has 0 bridgehead atoms. The van der Waals surface area contributed by atoms with Crippen LogP contribution in [0.2, 0.25) is 0 Å². The molecule has 0 unspecified atom stereocenters. The summed E-state index contributed by atoms with van der Waals surface area (Å²) >= 11 is 0. The molecular formula is C30H51N5O8S. The molecule has 3 fully saturated rings. The molecule has 13 nitrogen and oxygen atoms in total. The normalized spacial score (nSPS) is 26.5. The van der Waals surface area contributed by atoms with E-state index in [1.807, 2.05) is 12.2 Å². The van der Waals surface area contributed by atoms with E-state index in [-0.39, 0.29) is 17.9 Å². The number of rotatable bonds is 15. The second-order valence-electron chi connectivity index (χ2n) is 13.4. The summed E-state index contributed by atoms with van der Waals surface area (Å²) in [7, 11) is -2.40. The summed E-state index contributed by atoms with van der Waals surface area (Å²) in [5.74, 6) is -1.40. The van der Waals surface area contributed by atoms with Gasteiger partial charge in [-0.15, -0.1) is 0 Å². The number of unbranched alkanes of at least 4 members (excludes halogenated alkanes) is 3. The molecule has 1 saturated carbocycles. The minimum Gasteiger partial charge on any atom is -0.444 e. The highest BCUT2D eigenvalue weighted by Crippen LogP contribution is 2.53. The smallest absolute Gasteiger partial charge is 0.408 e. The van der Waals surface area contributed by atoms with Crippen LogP contribution in [0.4, 0.5) is 4.79 Å². The maximum atomic E-state index is 13.3. The molecule has 3 rings (SSSR count). The molecule has 1 aliphatic carbocycles. The topological polar surface area (TPSA) is 177 Å². The second kappa shape index (κ2) is 15.0. The molecule has 14 heteroatoms. The fourth-order valence-corrected chi connectivity index (χ4v) is 7.51. The Morgan fingerprint density at radius 3 is 2.45 bits per heavy atom. The average Bonchev–Trinajstić information content (AvgIpc) is 3.28. The van der Waals surface area contributed by atoms with Crippen LogP contribution in [0.1, 0.15) is 91.9 Å². The van der Waals surface area contributed by atoms with E-state index in [1.54, 1.807) is 27.7 Å². The quantitative estimate of drug-likeness (QED) is 0.180. The molecule has 44 heavy (non-hydrogen) atoms. The zero-order valence-corrected chi connectivity index (χ0v) is 27.6. The number of ether oxygens (including phenoxy) is 2. The van der Waals surface area contributed by atoms with Gasteiger partial charge in [-0.3, -0.25) is 14.4 Å². The Labute approximate surface area is 261 Å². The number of carbonyl (C=O) groups excluding carboxylic acids is 4. The van der Waals surface area contributed by atoms with Crippen LogP contribution >= 0.6 is 0 Å². The third kappa shape index (κ3) is 9.64. The number of carbonyl (C=O) groups is 4. The number of methoxy groups -OCH3 is 1. The largest absolute Gasteiger partial charge is 0.444 e. The predicted octanol–water partition coefficient (Wildman–Crippen LogP) is 2.36. The Morgan fingerprint density at radius 2 is 1.80 bits per heavy atom. The summed E-state index contributed by atoms with van der Waals surface area (Å²) < 4.78 is 39.8. The van der Waals surface area contributed by atoms with Crippen LogP contribution in [0.25, 0.3) is 0 Å². The van der Waals surface area contributed by atoms with Gasteiger partial charge in [0.15, 0.2) is 0 Å². The van der Waals surface area contributed by atoms with Crippen LogP contribution < -0.4 is 15.8 Å². The summed E-state index contributed by atoms with van der Waals surface area (Å²) in [6.45, 7) is 8.09. The van der Waals surface area contributed by atoms with Crippen LogP contribution in [-0.4, -0.2) is 92.0 Å². The first-order valence-electron chi connectivity index (χ1n) is 15.7. The number of nitrogens with two attached hydrogens (primary N) is 1. The van der Waals surface area contributed by atoms with Crippen molar-refractivity contribution in [2.24, 2.45) is 17.1 Å². The van der Waals surface area contributed by atoms with Crippen molar-refractivity contribution in [2.45, 2.75) is 116 Å². The highest BCUT2D eigenvalue weighted by atomic mass is 32.2. The van der Waals surface area contributed by atoms with Crippen LogP contribution in [0.5, 0.6) is 0 Å². The van der Waals surface area contributed by atoms with E-state index in [0.29, 0.717) is 58.2 Å². The van der Waals surface area contributed by atoms with E-state index in [0.717, 1.165) is 25.7 Å². The molecule has 5 atom stereocenters. The molecule has 0 aromatic rings. The van der Waals surface area contributed by atoms with Gasteiger partial charge >= 0.3 is 16.3 Å². The SMILES string of the molecule is COC[C@H]1CCCN1S(=O)(=O)NC(=O)[C@@]1(C)C[C@H]1/C=C\CCCCC[C@H](NC(=O)OC(C)(C)C)C(=O)N1CCC[C@H]1C(N)=O. The fraction of sp³-hybridized carbons (Fsp3) is 0.800. The molecule has 2 saturated heterocycles. The number of primary amides is 1. The van der Waals surface area contributed by atoms with Crippen molar-refractivity contribution in [1.82, 2.24) is 19.2 Å². The fourth-order valence-electron chi connectivity index (χ4n) is 6.00. The van der Waals surface area contributed by atoms with Crippen LogP contribution in [0, 0.1) is 11.3 Å². The zero-order valence-electron chi connectivity index (χ0n) is 26.8. The number of nitrogens with one attached hydrogen (secondary N) is 2. The van der Waals surface area contributed by atoms with Crippen molar-refractivity contribution in [1.29, 1.82) is 0 Å². The molecule has 0 aromatic carbocycles. The van der Waals surface area contributed by atoms with E-state index in [1.165, 1.54) is 16.3 Å². The lowest BCUT2D eigenvalue weighted by Gasteiger charge is -2.28. The average molecular weight is 642 g/mol. The predicted molar refractivity (Wildman–Crippen MR) is 164 cm³/mol. The third-order valence-electron chi connectivity index (χ3n) is 8.62. The Kier molecular flexibility index (Phi) is 12.2.